The van der Waals surface area contributed by atoms with Gasteiger partial charge >= 0.3 is 0 Å². The minimum atomic E-state index is 0.340. The summed E-state index contributed by atoms with van der Waals surface area (Å²) in [7, 11) is 0. The molecule has 0 unspecified atom stereocenters. The Labute approximate surface area is 102 Å². The molecule has 0 aliphatic heterocycles. The maximum Gasteiger partial charge on any atom is 0.230 e. The molecule has 17 heavy (non-hydrogen) atoms. The van der Waals surface area contributed by atoms with Crippen molar-refractivity contribution in [2.24, 2.45) is 5.92 Å². The van der Waals surface area contributed by atoms with Gasteiger partial charge in [-0.15, -0.1) is 0 Å². The molecule has 0 radical (unpaired) electrons. The van der Waals surface area contributed by atoms with E-state index < -0.39 is 0 Å². The van der Waals surface area contributed by atoms with Crippen molar-refractivity contribution >= 4 is 11.9 Å². The van der Waals surface area contributed by atoms with Crippen LogP contribution in [0.15, 0.2) is 0 Å². The number of hydrogen-bond donors (Lipinski definition) is 1. The van der Waals surface area contributed by atoms with Crippen LogP contribution >= 0.6 is 0 Å². The van der Waals surface area contributed by atoms with Crippen LogP contribution in [0.25, 0.3) is 0 Å². The van der Waals surface area contributed by atoms with E-state index in [1.165, 1.54) is 12.8 Å². The van der Waals surface area contributed by atoms with Crippen LogP contribution in [0, 0.1) is 5.92 Å². The van der Waals surface area contributed by atoms with Crippen LogP contribution in [0.5, 0.6) is 0 Å². The van der Waals surface area contributed by atoms with Crippen molar-refractivity contribution in [2.75, 3.05) is 23.7 Å². The van der Waals surface area contributed by atoms with E-state index in [2.05, 4.69) is 33.7 Å². The molecule has 1 aliphatic rings. The average molecular weight is 235 g/mol. The molecule has 1 heterocycles. The van der Waals surface area contributed by atoms with Gasteiger partial charge in [0.25, 0.3) is 0 Å². The second kappa shape index (κ2) is 5.29. The van der Waals surface area contributed by atoms with Gasteiger partial charge in [-0.05, 0) is 32.1 Å². The van der Waals surface area contributed by atoms with Crippen LogP contribution in [0.4, 0.5) is 11.9 Å². The van der Waals surface area contributed by atoms with E-state index in [0.29, 0.717) is 5.95 Å². The van der Waals surface area contributed by atoms with Gasteiger partial charge in [-0.3, -0.25) is 0 Å². The maximum atomic E-state index is 5.74. The standard InChI is InChI=1S/C12H21N5/c1-3-5-10-14-11(13)16-12(15-10)17(4-2)8-9-6-7-9/h9H,3-8H2,1-2H3,(H2,13,14,15,16). The molecule has 1 aromatic heterocycles. The first-order chi connectivity index (χ1) is 8.22. The molecular formula is C12H21N5. The minimum Gasteiger partial charge on any atom is -0.368 e. The van der Waals surface area contributed by atoms with Gasteiger partial charge in [-0.2, -0.15) is 15.0 Å². The first-order valence-electron chi connectivity index (χ1n) is 6.48. The van der Waals surface area contributed by atoms with Crippen LogP contribution in [0.1, 0.15) is 38.9 Å². The summed E-state index contributed by atoms with van der Waals surface area (Å²) in [5.74, 6) is 2.72. The molecule has 5 heteroatoms. The van der Waals surface area contributed by atoms with Crippen LogP contribution in [0.2, 0.25) is 0 Å². The third-order valence-electron chi connectivity index (χ3n) is 3.00. The van der Waals surface area contributed by atoms with Gasteiger partial charge in [-0.25, -0.2) is 0 Å². The number of nitrogens with two attached hydrogens (primary N) is 1. The Balaban J connectivity index is 2.15. The lowest BCUT2D eigenvalue weighted by molar-refractivity contribution is 0.706. The van der Waals surface area contributed by atoms with Crippen LogP contribution in [-0.2, 0) is 6.42 Å². The normalized spacial score (nSPS) is 14.9. The summed E-state index contributed by atoms with van der Waals surface area (Å²) < 4.78 is 0. The fraction of sp³-hybridized carbons (Fsp3) is 0.750. The number of rotatable bonds is 6. The Morgan fingerprint density at radius 3 is 2.59 bits per heavy atom. The van der Waals surface area contributed by atoms with E-state index in [1.807, 2.05) is 0 Å². The highest BCUT2D eigenvalue weighted by Gasteiger charge is 2.25. The highest BCUT2D eigenvalue weighted by atomic mass is 15.3. The fourth-order valence-corrected chi connectivity index (χ4v) is 1.87. The summed E-state index contributed by atoms with van der Waals surface area (Å²) in [6, 6.07) is 0. The number of aryl methyl sites for hydroxylation is 1. The van der Waals surface area contributed by atoms with Crippen molar-refractivity contribution in [3.05, 3.63) is 5.82 Å². The van der Waals surface area contributed by atoms with E-state index in [9.17, 15) is 0 Å². The largest absolute Gasteiger partial charge is 0.368 e. The van der Waals surface area contributed by atoms with Gasteiger partial charge in [0.2, 0.25) is 11.9 Å². The molecule has 0 saturated heterocycles. The quantitative estimate of drug-likeness (QED) is 0.812. The van der Waals surface area contributed by atoms with E-state index in [0.717, 1.165) is 43.6 Å². The van der Waals surface area contributed by atoms with Crippen molar-refractivity contribution < 1.29 is 0 Å². The summed E-state index contributed by atoms with van der Waals surface area (Å²) in [5, 5.41) is 0. The summed E-state index contributed by atoms with van der Waals surface area (Å²) in [6.07, 6.45) is 4.55. The zero-order chi connectivity index (χ0) is 12.3. The number of anilines is 2. The first kappa shape index (κ1) is 12.1. The fourth-order valence-electron chi connectivity index (χ4n) is 1.87. The van der Waals surface area contributed by atoms with Gasteiger partial charge in [0.1, 0.15) is 5.82 Å². The topological polar surface area (TPSA) is 67.9 Å². The summed E-state index contributed by atoms with van der Waals surface area (Å²) in [5.41, 5.74) is 5.74. The van der Waals surface area contributed by atoms with Gasteiger partial charge in [0, 0.05) is 19.5 Å². The third-order valence-corrected chi connectivity index (χ3v) is 3.00. The lowest BCUT2D eigenvalue weighted by atomic mass is 10.3. The molecule has 0 aromatic carbocycles. The van der Waals surface area contributed by atoms with Gasteiger partial charge in [0.05, 0.1) is 0 Å². The lowest BCUT2D eigenvalue weighted by Gasteiger charge is -2.20. The zero-order valence-electron chi connectivity index (χ0n) is 10.7. The number of aromatic nitrogens is 3. The SMILES string of the molecule is CCCc1nc(N)nc(N(CC)CC2CC2)n1. The van der Waals surface area contributed by atoms with Gasteiger partial charge in [-0.1, -0.05) is 6.92 Å². The Kier molecular flexibility index (Phi) is 3.76. The smallest absolute Gasteiger partial charge is 0.230 e. The Hall–Kier alpha value is -1.39. The van der Waals surface area contributed by atoms with E-state index >= 15 is 0 Å². The summed E-state index contributed by atoms with van der Waals surface area (Å²) >= 11 is 0. The maximum absolute atomic E-state index is 5.74. The molecule has 1 fully saturated rings. The molecule has 0 spiro atoms. The Morgan fingerprint density at radius 2 is 2.00 bits per heavy atom. The van der Waals surface area contributed by atoms with E-state index in [-0.39, 0.29) is 0 Å². The molecular weight excluding hydrogens is 214 g/mol. The number of hydrogen-bond acceptors (Lipinski definition) is 5. The first-order valence-corrected chi connectivity index (χ1v) is 6.48. The zero-order valence-corrected chi connectivity index (χ0v) is 10.7. The van der Waals surface area contributed by atoms with Crippen LogP contribution in [0.3, 0.4) is 0 Å². The Morgan fingerprint density at radius 1 is 1.24 bits per heavy atom. The molecule has 1 saturated carbocycles. The van der Waals surface area contributed by atoms with Crippen molar-refractivity contribution in [1.29, 1.82) is 0 Å². The lowest BCUT2D eigenvalue weighted by Crippen LogP contribution is -2.28. The van der Waals surface area contributed by atoms with Crippen LogP contribution < -0.4 is 10.6 Å². The number of nitrogen functional groups attached to an aromatic ring is 1. The van der Waals surface area contributed by atoms with Crippen LogP contribution in [-0.4, -0.2) is 28.0 Å². The minimum absolute atomic E-state index is 0.340. The van der Waals surface area contributed by atoms with Crippen molar-refractivity contribution in [3.63, 3.8) is 0 Å². The van der Waals surface area contributed by atoms with E-state index in [1.54, 1.807) is 0 Å². The van der Waals surface area contributed by atoms with Crippen molar-refractivity contribution in [2.45, 2.75) is 39.5 Å². The molecule has 5 nitrogen and oxygen atoms in total. The molecule has 0 bridgehead atoms. The average Bonchev–Trinajstić information content (AvgIpc) is 3.09. The predicted octanol–water partition coefficient (Wildman–Crippen LogP) is 1.64. The highest BCUT2D eigenvalue weighted by Crippen LogP contribution is 2.30. The molecule has 1 aromatic rings. The second-order valence-electron chi connectivity index (χ2n) is 4.64. The molecule has 0 atom stereocenters. The Bertz CT molecular complexity index is 375. The third kappa shape index (κ3) is 3.28. The van der Waals surface area contributed by atoms with Crippen molar-refractivity contribution in [1.82, 2.24) is 15.0 Å². The van der Waals surface area contributed by atoms with Crippen molar-refractivity contribution in [3.8, 4) is 0 Å². The number of nitrogens with zero attached hydrogens (tertiary/aromatic N) is 4. The molecule has 2 rings (SSSR count). The predicted molar refractivity (Wildman–Crippen MR) is 68.8 cm³/mol. The highest BCUT2D eigenvalue weighted by molar-refractivity contribution is 5.34. The van der Waals surface area contributed by atoms with Gasteiger partial charge < -0.3 is 10.6 Å². The van der Waals surface area contributed by atoms with Gasteiger partial charge in [0.15, 0.2) is 0 Å². The second-order valence-corrected chi connectivity index (χ2v) is 4.64. The molecule has 94 valence electrons. The molecule has 2 N–H and O–H groups in total. The monoisotopic (exact) mass is 235 g/mol. The molecule has 1 aliphatic carbocycles. The summed E-state index contributed by atoms with van der Waals surface area (Å²) in [6.45, 7) is 6.21. The summed E-state index contributed by atoms with van der Waals surface area (Å²) in [4.78, 5) is 15.1. The van der Waals surface area contributed by atoms with E-state index in [4.69, 9.17) is 5.73 Å². The molecule has 0 amide bonds.